The Hall–Kier alpha value is -2.54. The van der Waals surface area contributed by atoms with E-state index < -0.39 is 29.7 Å². The Morgan fingerprint density at radius 3 is 2.50 bits per heavy atom. The van der Waals surface area contributed by atoms with E-state index in [4.69, 9.17) is 4.74 Å². The lowest BCUT2D eigenvalue weighted by Gasteiger charge is -2.26. The van der Waals surface area contributed by atoms with Crippen LogP contribution in [0.15, 0.2) is 42.7 Å². The van der Waals surface area contributed by atoms with Crippen LogP contribution in [0.25, 0.3) is 0 Å². The number of aliphatic hydroxyl groups is 1. The summed E-state index contributed by atoms with van der Waals surface area (Å²) in [6.07, 6.45) is 0.637. The number of carbonyl (C=O) groups is 1. The molecule has 24 heavy (non-hydrogen) atoms. The summed E-state index contributed by atoms with van der Waals surface area (Å²) < 4.78 is 18.2. The molecule has 2 rings (SSSR count). The topological polar surface area (TPSA) is 84.3 Å². The van der Waals surface area contributed by atoms with Gasteiger partial charge in [-0.25, -0.2) is 9.18 Å². The average Bonchev–Trinajstić information content (AvgIpc) is 2.52. The van der Waals surface area contributed by atoms with Gasteiger partial charge in [-0.1, -0.05) is 6.07 Å². The molecule has 0 bridgehead atoms. The first-order valence-corrected chi connectivity index (χ1v) is 7.46. The van der Waals surface area contributed by atoms with E-state index >= 15 is 0 Å². The highest BCUT2D eigenvalue weighted by Gasteiger charge is 2.28. The van der Waals surface area contributed by atoms with Crippen molar-refractivity contribution >= 4 is 6.09 Å². The highest BCUT2D eigenvalue weighted by molar-refractivity contribution is 5.68. The third kappa shape index (κ3) is 4.99. The maximum absolute atomic E-state index is 13.0. The van der Waals surface area contributed by atoms with Crippen molar-refractivity contribution in [2.75, 3.05) is 0 Å². The predicted molar refractivity (Wildman–Crippen MR) is 85.5 cm³/mol. The number of rotatable bonds is 4. The van der Waals surface area contributed by atoms with Gasteiger partial charge in [-0.15, -0.1) is 0 Å². The molecule has 6 nitrogen and oxygen atoms in total. The van der Waals surface area contributed by atoms with Gasteiger partial charge in [0.05, 0.1) is 17.6 Å². The summed E-state index contributed by atoms with van der Waals surface area (Å²) in [4.78, 5) is 20.1. The first kappa shape index (κ1) is 17.8. The zero-order valence-corrected chi connectivity index (χ0v) is 13.7. The lowest BCUT2D eigenvalue weighted by atomic mass is 10.0. The normalized spacial score (nSPS) is 13.9. The van der Waals surface area contributed by atoms with E-state index in [1.54, 1.807) is 45.2 Å². The predicted octanol–water partition coefficient (Wildman–Crippen LogP) is 2.92. The maximum Gasteiger partial charge on any atom is 0.408 e. The largest absolute Gasteiger partial charge is 0.444 e. The molecule has 7 heteroatoms. The third-order valence-corrected chi connectivity index (χ3v) is 3.05. The number of aliphatic hydroxyl groups excluding tert-OH is 1. The van der Waals surface area contributed by atoms with Gasteiger partial charge in [0.15, 0.2) is 0 Å². The van der Waals surface area contributed by atoms with Gasteiger partial charge in [0.2, 0.25) is 0 Å². The molecule has 2 aromatic heterocycles. The van der Waals surface area contributed by atoms with E-state index in [-0.39, 0.29) is 5.69 Å². The zero-order valence-electron chi connectivity index (χ0n) is 13.7. The van der Waals surface area contributed by atoms with E-state index in [9.17, 15) is 14.3 Å². The number of amides is 1. The number of ether oxygens (including phenoxy) is 1. The Morgan fingerprint density at radius 1 is 1.21 bits per heavy atom. The highest BCUT2D eigenvalue weighted by atomic mass is 19.1. The minimum atomic E-state index is -1.21. The molecular formula is C17H20FN3O3. The second-order valence-corrected chi connectivity index (χ2v) is 6.22. The molecule has 0 saturated carbocycles. The van der Waals surface area contributed by atoms with Crippen LogP contribution in [0.5, 0.6) is 0 Å². The van der Waals surface area contributed by atoms with Crippen LogP contribution >= 0.6 is 0 Å². The first-order valence-electron chi connectivity index (χ1n) is 7.46. The van der Waals surface area contributed by atoms with Crippen molar-refractivity contribution < 1.29 is 19.0 Å². The fourth-order valence-electron chi connectivity index (χ4n) is 2.04. The quantitative estimate of drug-likeness (QED) is 0.899. The Kier molecular flexibility index (Phi) is 5.46. The van der Waals surface area contributed by atoms with Gasteiger partial charge in [0.1, 0.15) is 23.6 Å². The van der Waals surface area contributed by atoms with Crippen molar-refractivity contribution in [2.24, 2.45) is 0 Å². The molecule has 0 fully saturated rings. The molecule has 0 aliphatic heterocycles. The summed E-state index contributed by atoms with van der Waals surface area (Å²) in [5.74, 6) is -0.513. The molecule has 2 atom stereocenters. The molecule has 2 heterocycles. The SMILES string of the molecule is CC(C)(C)OC(=O)N[C@H](c1ccccn1)[C@@H](O)c1ccc(F)cn1. The molecule has 0 spiro atoms. The summed E-state index contributed by atoms with van der Waals surface area (Å²) >= 11 is 0. The van der Waals surface area contributed by atoms with Gasteiger partial charge in [-0.2, -0.15) is 0 Å². The molecule has 2 N–H and O–H groups in total. The molecule has 0 aliphatic rings. The molecule has 0 unspecified atom stereocenters. The Balaban J connectivity index is 2.26. The first-order chi connectivity index (χ1) is 11.3. The number of hydrogen-bond acceptors (Lipinski definition) is 5. The lowest BCUT2D eigenvalue weighted by Crippen LogP contribution is -2.37. The van der Waals surface area contributed by atoms with Crippen LogP contribution in [-0.2, 0) is 4.74 Å². The smallest absolute Gasteiger partial charge is 0.408 e. The standard InChI is InChI=1S/C17H20FN3O3/c1-17(2,3)24-16(23)21-14(12-6-4-5-9-19-12)15(22)13-8-7-11(18)10-20-13/h4-10,14-15,22H,1-3H3,(H,21,23)/t14-,15+/m1/s1. The van der Waals surface area contributed by atoms with Gasteiger partial charge in [0.25, 0.3) is 0 Å². The van der Waals surface area contributed by atoms with Crippen molar-refractivity contribution in [3.05, 3.63) is 59.9 Å². The fraction of sp³-hybridized carbons (Fsp3) is 0.353. The molecule has 0 radical (unpaired) electrons. The molecule has 0 saturated heterocycles. The van der Waals surface area contributed by atoms with Crippen LogP contribution in [0.1, 0.15) is 44.3 Å². The minimum Gasteiger partial charge on any atom is -0.444 e. The van der Waals surface area contributed by atoms with E-state index in [0.717, 1.165) is 6.20 Å². The van der Waals surface area contributed by atoms with E-state index in [1.165, 1.54) is 12.1 Å². The molecule has 128 valence electrons. The fourth-order valence-corrected chi connectivity index (χ4v) is 2.04. The van der Waals surface area contributed by atoms with Gasteiger partial charge in [0, 0.05) is 6.20 Å². The lowest BCUT2D eigenvalue weighted by molar-refractivity contribution is 0.0411. The molecular weight excluding hydrogens is 313 g/mol. The van der Waals surface area contributed by atoms with Crippen molar-refractivity contribution in [1.82, 2.24) is 15.3 Å². The molecule has 0 aliphatic carbocycles. The van der Waals surface area contributed by atoms with Crippen LogP contribution in [0.3, 0.4) is 0 Å². The monoisotopic (exact) mass is 333 g/mol. The number of aromatic nitrogens is 2. The average molecular weight is 333 g/mol. The number of carbonyl (C=O) groups excluding carboxylic acids is 1. The molecule has 1 amide bonds. The van der Waals surface area contributed by atoms with Crippen molar-refractivity contribution in [3.63, 3.8) is 0 Å². The number of pyridine rings is 2. The summed E-state index contributed by atoms with van der Waals surface area (Å²) in [6, 6.07) is 6.77. The summed E-state index contributed by atoms with van der Waals surface area (Å²) in [6.45, 7) is 5.21. The Bertz CT molecular complexity index is 672. The maximum atomic E-state index is 13.0. The van der Waals surface area contributed by atoms with Gasteiger partial charge < -0.3 is 15.2 Å². The Labute approximate surface area is 139 Å². The molecule has 2 aromatic rings. The Morgan fingerprint density at radius 2 is 1.96 bits per heavy atom. The van der Waals surface area contributed by atoms with Crippen LogP contribution in [0.4, 0.5) is 9.18 Å². The third-order valence-electron chi connectivity index (χ3n) is 3.05. The summed E-state index contributed by atoms with van der Waals surface area (Å²) in [5, 5.41) is 13.2. The van der Waals surface area contributed by atoms with E-state index in [1.807, 2.05) is 0 Å². The summed E-state index contributed by atoms with van der Waals surface area (Å²) in [7, 11) is 0. The van der Waals surface area contributed by atoms with Crippen molar-refractivity contribution in [3.8, 4) is 0 Å². The highest BCUT2D eigenvalue weighted by Crippen LogP contribution is 2.27. The van der Waals surface area contributed by atoms with Crippen LogP contribution < -0.4 is 5.32 Å². The number of hydrogen-bond donors (Lipinski definition) is 2. The molecule has 0 aromatic carbocycles. The second-order valence-electron chi connectivity index (χ2n) is 6.22. The number of nitrogens with one attached hydrogen (secondary N) is 1. The van der Waals surface area contributed by atoms with Gasteiger partial charge in [-0.05, 0) is 45.0 Å². The van der Waals surface area contributed by atoms with Crippen molar-refractivity contribution in [2.45, 2.75) is 38.5 Å². The van der Waals surface area contributed by atoms with Gasteiger partial charge in [-0.3, -0.25) is 9.97 Å². The number of nitrogens with zero attached hydrogens (tertiary/aromatic N) is 2. The van der Waals surface area contributed by atoms with Crippen LogP contribution in [0, 0.1) is 5.82 Å². The minimum absolute atomic E-state index is 0.211. The van der Waals surface area contributed by atoms with Crippen LogP contribution in [-0.4, -0.2) is 26.8 Å². The second kappa shape index (κ2) is 7.35. The van der Waals surface area contributed by atoms with E-state index in [2.05, 4.69) is 15.3 Å². The summed E-state index contributed by atoms with van der Waals surface area (Å²) in [5.41, 5.74) is -0.0391. The van der Waals surface area contributed by atoms with Crippen LogP contribution in [0.2, 0.25) is 0 Å². The van der Waals surface area contributed by atoms with Gasteiger partial charge >= 0.3 is 6.09 Å². The zero-order chi connectivity index (χ0) is 17.7. The number of alkyl carbamates (subject to hydrolysis) is 1. The van der Waals surface area contributed by atoms with E-state index in [0.29, 0.717) is 5.69 Å². The van der Waals surface area contributed by atoms with Crippen molar-refractivity contribution in [1.29, 1.82) is 0 Å². The number of halogens is 1.